The Kier molecular flexibility index (Phi) is 6.56. The van der Waals surface area contributed by atoms with Gasteiger partial charge in [-0.15, -0.1) is 0 Å². The molecule has 0 saturated carbocycles. The van der Waals surface area contributed by atoms with Gasteiger partial charge in [-0.2, -0.15) is 13.2 Å². The first-order valence-electron chi connectivity index (χ1n) is 6.86. The summed E-state index contributed by atoms with van der Waals surface area (Å²) in [6, 6.07) is 2.47. The Balaban J connectivity index is 3.40. The Morgan fingerprint density at radius 3 is 2.52 bits per heavy atom. The van der Waals surface area contributed by atoms with E-state index < -0.39 is 29.2 Å². The number of anilines is 1. The van der Waals surface area contributed by atoms with Gasteiger partial charge in [-0.3, -0.25) is 4.79 Å². The van der Waals surface area contributed by atoms with Crippen LogP contribution >= 0.6 is 0 Å². The number of hydrogen-bond acceptors (Lipinski definition) is 3. The van der Waals surface area contributed by atoms with E-state index in [-0.39, 0.29) is 30.6 Å². The van der Waals surface area contributed by atoms with Crippen LogP contribution in [-0.2, 0) is 17.4 Å². The molecule has 0 bridgehead atoms. The lowest BCUT2D eigenvalue weighted by molar-refractivity contribution is -0.139. The third-order valence-corrected chi connectivity index (χ3v) is 3.07. The summed E-state index contributed by atoms with van der Waals surface area (Å²) in [4.78, 5) is 11.4. The zero-order valence-corrected chi connectivity index (χ0v) is 12.8. The van der Waals surface area contributed by atoms with Crippen molar-refractivity contribution < 1.29 is 27.1 Å². The van der Waals surface area contributed by atoms with Crippen molar-refractivity contribution in [1.29, 1.82) is 0 Å². The van der Waals surface area contributed by atoms with Gasteiger partial charge < -0.3 is 15.8 Å². The summed E-state index contributed by atoms with van der Waals surface area (Å²) in [5.41, 5.74) is 3.77. The number of allylic oxidation sites excluding steroid dienone is 1. The van der Waals surface area contributed by atoms with Crippen LogP contribution in [0.25, 0.3) is 0 Å². The second-order valence-electron chi connectivity index (χ2n) is 4.64. The quantitative estimate of drug-likeness (QED) is 0.784. The van der Waals surface area contributed by atoms with E-state index in [4.69, 9.17) is 10.5 Å². The minimum absolute atomic E-state index is 0.0845. The number of alkyl halides is 3. The van der Waals surface area contributed by atoms with Crippen LogP contribution in [0.5, 0.6) is 5.75 Å². The van der Waals surface area contributed by atoms with Crippen molar-refractivity contribution in [2.45, 2.75) is 25.9 Å². The summed E-state index contributed by atoms with van der Waals surface area (Å²) in [5, 5.41) is 2.35. The molecule has 1 amide bonds. The summed E-state index contributed by atoms with van der Waals surface area (Å²) in [6.07, 6.45) is -3.93. The first-order valence-corrected chi connectivity index (χ1v) is 6.86. The molecule has 0 unspecified atom stereocenters. The number of carbonyl (C=O) groups excluding carboxylic acids is 1. The molecule has 4 nitrogen and oxygen atoms in total. The molecule has 0 aliphatic rings. The number of hydrogen-bond donors (Lipinski definition) is 2. The van der Waals surface area contributed by atoms with Crippen LogP contribution in [0.1, 0.15) is 24.5 Å². The number of methoxy groups -OCH3 is 1. The number of halogens is 4. The lowest BCUT2D eigenvalue weighted by Gasteiger charge is -2.19. The van der Waals surface area contributed by atoms with Gasteiger partial charge in [0.05, 0.1) is 12.8 Å². The second-order valence-corrected chi connectivity index (χ2v) is 4.64. The van der Waals surface area contributed by atoms with Gasteiger partial charge in [0.25, 0.3) is 0 Å². The average molecular weight is 334 g/mol. The normalized spacial score (nSPS) is 12.2. The second kappa shape index (κ2) is 7.96. The zero-order chi connectivity index (χ0) is 17.6. The van der Waals surface area contributed by atoms with Crippen molar-refractivity contribution in [3.8, 4) is 5.75 Å². The Labute approximate surface area is 131 Å². The van der Waals surface area contributed by atoms with Crippen molar-refractivity contribution in [2.24, 2.45) is 5.73 Å². The van der Waals surface area contributed by atoms with Gasteiger partial charge in [-0.05, 0) is 24.1 Å². The van der Waals surface area contributed by atoms with E-state index in [2.05, 4.69) is 5.32 Å². The maximum atomic E-state index is 13.4. The molecule has 8 heteroatoms. The SMILES string of the molecule is CCC(=O)Nc1ccc(C/C=C(\F)CN)c(C(F)(F)F)c1OC. The maximum Gasteiger partial charge on any atom is 0.420 e. The molecule has 0 radical (unpaired) electrons. The fraction of sp³-hybridized carbons (Fsp3) is 0.400. The number of ether oxygens (including phenoxy) is 1. The van der Waals surface area contributed by atoms with Crippen LogP contribution in [0.3, 0.4) is 0 Å². The summed E-state index contributed by atoms with van der Waals surface area (Å²) < 4.78 is 58.0. The van der Waals surface area contributed by atoms with Crippen LogP contribution < -0.4 is 15.8 Å². The van der Waals surface area contributed by atoms with E-state index in [1.807, 2.05) is 0 Å². The van der Waals surface area contributed by atoms with Crippen molar-refractivity contribution in [1.82, 2.24) is 0 Å². The molecular formula is C15H18F4N2O2. The molecule has 0 heterocycles. The van der Waals surface area contributed by atoms with Gasteiger partial charge in [0.2, 0.25) is 5.91 Å². The highest BCUT2D eigenvalue weighted by Gasteiger charge is 2.38. The van der Waals surface area contributed by atoms with Crippen LogP contribution in [0.15, 0.2) is 24.0 Å². The molecule has 0 aliphatic carbocycles. The van der Waals surface area contributed by atoms with Crippen molar-refractivity contribution in [3.05, 3.63) is 35.2 Å². The highest BCUT2D eigenvalue weighted by molar-refractivity contribution is 5.92. The molecule has 0 fully saturated rings. The fourth-order valence-corrected chi connectivity index (χ4v) is 1.96. The molecule has 23 heavy (non-hydrogen) atoms. The third-order valence-electron chi connectivity index (χ3n) is 3.07. The summed E-state index contributed by atoms with van der Waals surface area (Å²) in [7, 11) is 1.08. The average Bonchev–Trinajstić information content (AvgIpc) is 2.51. The minimum Gasteiger partial charge on any atom is -0.494 e. The van der Waals surface area contributed by atoms with E-state index >= 15 is 0 Å². The number of carbonyl (C=O) groups is 1. The summed E-state index contributed by atoms with van der Waals surface area (Å²) >= 11 is 0. The van der Waals surface area contributed by atoms with Crippen molar-refractivity contribution in [3.63, 3.8) is 0 Å². The monoisotopic (exact) mass is 334 g/mol. The number of nitrogens with two attached hydrogens (primary N) is 1. The van der Waals surface area contributed by atoms with Crippen molar-refractivity contribution >= 4 is 11.6 Å². The Morgan fingerprint density at radius 1 is 1.39 bits per heavy atom. The smallest absolute Gasteiger partial charge is 0.420 e. The maximum absolute atomic E-state index is 13.4. The Hall–Kier alpha value is -2.09. The fourth-order valence-electron chi connectivity index (χ4n) is 1.96. The highest BCUT2D eigenvalue weighted by Crippen LogP contribution is 2.43. The molecule has 1 aromatic rings. The molecular weight excluding hydrogens is 316 g/mol. The lowest BCUT2D eigenvalue weighted by Crippen LogP contribution is -2.16. The first kappa shape index (κ1) is 19.0. The van der Waals surface area contributed by atoms with Crippen LogP contribution in [0.4, 0.5) is 23.2 Å². The topological polar surface area (TPSA) is 64.4 Å². The molecule has 1 aromatic carbocycles. The first-order chi connectivity index (χ1) is 10.7. The molecule has 3 N–H and O–H groups in total. The molecule has 0 spiro atoms. The van der Waals surface area contributed by atoms with Crippen LogP contribution in [0.2, 0.25) is 0 Å². The summed E-state index contributed by atoms with van der Waals surface area (Å²) in [6.45, 7) is 1.18. The van der Waals surface area contributed by atoms with Gasteiger partial charge in [0.15, 0.2) is 5.75 Å². The zero-order valence-electron chi connectivity index (χ0n) is 12.8. The predicted molar refractivity (Wildman–Crippen MR) is 78.9 cm³/mol. The molecule has 1 rings (SSSR count). The van der Waals surface area contributed by atoms with Gasteiger partial charge in [0, 0.05) is 13.0 Å². The van der Waals surface area contributed by atoms with Crippen LogP contribution in [-0.4, -0.2) is 19.6 Å². The van der Waals surface area contributed by atoms with E-state index in [0.29, 0.717) is 0 Å². The number of amides is 1. The largest absolute Gasteiger partial charge is 0.494 e. The van der Waals surface area contributed by atoms with E-state index in [0.717, 1.165) is 13.2 Å². The molecule has 128 valence electrons. The minimum atomic E-state index is -4.72. The summed E-state index contributed by atoms with van der Waals surface area (Å²) in [5.74, 6) is -1.66. The number of benzene rings is 1. The Morgan fingerprint density at radius 2 is 2.04 bits per heavy atom. The van der Waals surface area contributed by atoms with Crippen LogP contribution in [0, 0.1) is 0 Å². The molecule has 0 aromatic heterocycles. The number of nitrogens with one attached hydrogen (secondary N) is 1. The standard InChI is InChI=1S/C15H18F4N2O2/c1-3-12(22)21-11-7-5-9(4-6-10(16)8-20)13(14(11)23-2)15(17,18)19/h5-7H,3-4,8,20H2,1-2H3,(H,21,22)/b10-6-. The van der Waals surface area contributed by atoms with E-state index in [9.17, 15) is 22.4 Å². The third kappa shape index (κ3) is 4.95. The van der Waals surface area contributed by atoms with E-state index in [1.165, 1.54) is 12.1 Å². The van der Waals surface area contributed by atoms with Gasteiger partial charge >= 0.3 is 6.18 Å². The molecule has 0 aliphatic heterocycles. The predicted octanol–water partition coefficient (Wildman–Crippen LogP) is 3.42. The lowest BCUT2D eigenvalue weighted by atomic mass is 10.0. The van der Waals surface area contributed by atoms with E-state index in [1.54, 1.807) is 6.92 Å². The highest BCUT2D eigenvalue weighted by atomic mass is 19.4. The van der Waals surface area contributed by atoms with Gasteiger partial charge in [0.1, 0.15) is 11.4 Å². The van der Waals surface area contributed by atoms with Gasteiger partial charge in [-0.1, -0.05) is 13.0 Å². The van der Waals surface area contributed by atoms with Gasteiger partial charge in [-0.25, -0.2) is 4.39 Å². The molecule has 0 atom stereocenters. The molecule has 0 saturated heterocycles. The van der Waals surface area contributed by atoms with Crippen molar-refractivity contribution in [2.75, 3.05) is 19.0 Å². The number of rotatable bonds is 6. The Bertz CT molecular complexity index is 598.